The smallest absolute Gasteiger partial charge is 0.0962 e. The second-order valence-electron chi connectivity index (χ2n) is 3.48. The van der Waals surface area contributed by atoms with Crippen LogP contribution in [0.3, 0.4) is 0 Å². The molecule has 0 amide bonds. The van der Waals surface area contributed by atoms with Gasteiger partial charge in [0.25, 0.3) is 0 Å². The third kappa shape index (κ3) is 1.18. The Hall–Kier alpha value is -0.870. The molecular formula is C10H9BrN2O. The minimum Gasteiger partial charge on any atom is -0.377 e. The molecule has 0 radical (unpaired) electrons. The maximum Gasteiger partial charge on any atom is 0.0962 e. The van der Waals surface area contributed by atoms with Crippen LogP contribution in [0.15, 0.2) is 29.0 Å². The Bertz CT molecular complexity index is 476. The highest BCUT2D eigenvalue weighted by atomic mass is 79.9. The normalized spacial score (nSPS) is 17.2. The second-order valence-corrected chi connectivity index (χ2v) is 4.39. The topological polar surface area (TPSA) is 27.1 Å². The molecule has 0 unspecified atom stereocenters. The molecule has 1 aromatic heterocycles. The zero-order valence-corrected chi connectivity index (χ0v) is 9.07. The number of fused-ring (bicyclic) bond motifs is 1. The van der Waals surface area contributed by atoms with E-state index < -0.39 is 0 Å². The van der Waals surface area contributed by atoms with Crippen molar-refractivity contribution in [3.05, 3.63) is 29.0 Å². The highest BCUT2D eigenvalue weighted by molar-refractivity contribution is 9.10. The highest BCUT2D eigenvalue weighted by Crippen LogP contribution is 2.24. The van der Waals surface area contributed by atoms with Crippen LogP contribution >= 0.6 is 15.9 Å². The van der Waals surface area contributed by atoms with Gasteiger partial charge in [-0.2, -0.15) is 0 Å². The number of aromatic nitrogens is 2. The molecule has 1 aliphatic rings. The van der Waals surface area contributed by atoms with E-state index in [0.717, 1.165) is 23.2 Å². The van der Waals surface area contributed by atoms with E-state index in [2.05, 4.69) is 31.5 Å². The predicted molar refractivity (Wildman–Crippen MR) is 57.3 cm³/mol. The number of hydrogen-bond acceptors (Lipinski definition) is 2. The van der Waals surface area contributed by atoms with Crippen molar-refractivity contribution < 1.29 is 4.74 Å². The fraction of sp³-hybridized carbons (Fsp3) is 0.300. The number of ether oxygens (including phenoxy) is 1. The Morgan fingerprint density at radius 1 is 1.43 bits per heavy atom. The van der Waals surface area contributed by atoms with Crippen molar-refractivity contribution in [1.29, 1.82) is 0 Å². The minimum absolute atomic E-state index is 0.473. The summed E-state index contributed by atoms with van der Waals surface area (Å²) in [5.41, 5.74) is 2.22. The first-order chi connectivity index (χ1) is 6.84. The standard InChI is InChI=1S/C10H9BrN2O/c11-7-1-2-10-9(3-7)12-6-13(10)8-4-14-5-8/h1-3,6,8H,4-5H2. The van der Waals surface area contributed by atoms with Crippen LogP contribution < -0.4 is 0 Å². The molecule has 2 heterocycles. The largest absolute Gasteiger partial charge is 0.377 e. The molecule has 0 spiro atoms. The van der Waals surface area contributed by atoms with Gasteiger partial charge in [0.2, 0.25) is 0 Å². The third-order valence-corrected chi connectivity index (χ3v) is 3.04. The molecule has 2 aromatic rings. The average molecular weight is 253 g/mol. The molecule has 0 aliphatic carbocycles. The Labute approximate surface area is 89.8 Å². The van der Waals surface area contributed by atoms with E-state index in [9.17, 15) is 0 Å². The van der Waals surface area contributed by atoms with Crippen molar-refractivity contribution >= 4 is 27.0 Å². The second kappa shape index (κ2) is 3.07. The van der Waals surface area contributed by atoms with Crippen molar-refractivity contribution in [2.75, 3.05) is 13.2 Å². The van der Waals surface area contributed by atoms with E-state index in [1.54, 1.807) is 0 Å². The molecule has 0 N–H and O–H groups in total. The summed E-state index contributed by atoms with van der Waals surface area (Å²) in [6.07, 6.45) is 1.89. The maximum atomic E-state index is 5.17. The molecule has 0 saturated carbocycles. The molecular weight excluding hydrogens is 244 g/mol. The molecule has 72 valence electrons. The molecule has 3 rings (SSSR count). The monoisotopic (exact) mass is 252 g/mol. The van der Waals surface area contributed by atoms with Gasteiger partial charge in [0, 0.05) is 4.47 Å². The number of hydrogen-bond donors (Lipinski definition) is 0. The first-order valence-corrected chi connectivity index (χ1v) is 5.34. The summed E-state index contributed by atoms with van der Waals surface area (Å²) < 4.78 is 8.43. The van der Waals surface area contributed by atoms with E-state index >= 15 is 0 Å². The molecule has 4 heteroatoms. The van der Waals surface area contributed by atoms with Crippen LogP contribution in [0.4, 0.5) is 0 Å². The first-order valence-electron chi connectivity index (χ1n) is 4.54. The van der Waals surface area contributed by atoms with Crippen LogP contribution in [0, 0.1) is 0 Å². The van der Waals surface area contributed by atoms with Gasteiger partial charge in [-0.15, -0.1) is 0 Å². The quantitative estimate of drug-likeness (QED) is 0.780. The maximum absolute atomic E-state index is 5.17. The van der Waals surface area contributed by atoms with Crippen LogP contribution in [0.5, 0.6) is 0 Å². The molecule has 1 aromatic carbocycles. The van der Waals surface area contributed by atoms with Gasteiger partial charge < -0.3 is 9.30 Å². The summed E-state index contributed by atoms with van der Waals surface area (Å²) in [5.74, 6) is 0. The highest BCUT2D eigenvalue weighted by Gasteiger charge is 2.21. The summed E-state index contributed by atoms with van der Waals surface area (Å²) in [7, 11) is 0. The number of rotatable bonds is 1. The SMILES string of the molecule is Brc1ccc2c(c1)ncn2C1COC1. The van der Waals surface area contributed by atoms with Crippen LogP contribution in [0.25, 0.3) is 11.0 Å². The Morgan fingerprint density at radius 2 is 2.29 bits per heavy atom. The third-order valence-electron chi connectivity index (χ3n) is 2.55. The van der Waals surface area contributed by atoms with E-state index in [1.165, 1.54) is 5.52 Å². The molecule has 0 bridgehead atoms. The molecule has 1 fully saturated rings. The number of halogens is 1. The van der Waals surface area contributed by atoms with E-state index in [-0.39, 0.29) is 0 Å². The predicted octanol–water partition coefficient (Wildman–Crippen LogP) is 2.37. The molecule has 3 nitrogen and oxygen atoms in total. The summed E-state index contributed by atoms with van der Waals surface area (Å²) in [5, 5.41) is 0. The zero-order chi connectivity index (χ0) is 9.54. The van der Waals surface area contributed by atoms with Crippen molar-refractivity contribution in [2.24, 2.45) is 0 Å². The minimum atomic E-state index is 0.473. The van der Waals surface area contributed by atoms with Gasteiger partial charge >= 0.3 is 0 Å². The average Bonchev–Trinajstić information content (AvgIpc) is 2.45. The van der Waals surface area contributed by atoms with E-state index in [1.807, 2.05) is 18.5 Å². The van der Waals surface area contributed by atoms with Crippen molar-refractivity contribution in [1.82, 2.24) is 9.55 Å². The lowest BCUT2D eigenvalue weighted by Crippen LogP contribution is -2.30. The van der Waals surface area contributed by atoms with Crippen LogP contribution in [0.1, 0.15) is 6.04 Å². The molecule has 1 saturated heterocycles. The Kier molecular flexibility index (Phi) is 1.85. The van der Waals surface area contributed by atoms with Gasteiger partial charge in [-0.25, -0.2) is 4.98 Å². The lowest BCUT2D eigenvalue weighted by Gasteiger charge is -2.27. The lowest BCUT2D eigenvalue weighted by molar-refractivity contribution is -0.0216. The molecule has 1 aliphatic heterocycles. The summed E-state index contributed by atoms with van der Waals surface area (Å²) >= 11 is 3.44. The zero-order valence-electron chi connectivity index (χ0n) is 7.48. The summed E-state index contributed by atoms with van der Waals surface area (Å²) in [6, 6.07) is 6.64. The number of imidazole rings is 1. The van der Waals surface area contributed by atoms with Crippen molar-refractivity contribution in [3.63, 3.8) is 0 Å². The van der Waals surface area contributed by atoms with E-state index in [4.69, 9.17) is 4.74 Å². The Morgan fingerprint density at radius 3 is 3.00 bits per heavy atom. The summed E-state index contributed by atoms with van der Waals surface area (Å²) in [4.78, 5) is 4.36. The van der Waals surface area contributed by atoms with Crippen molar-refractivity contribution in [3.8, 4) is 0 Å². The number of nitrogens with zero attached hydrogens (tertiary/aromatic N) is 2. The van der Waals surface area contributed by atoms with Crippen LogP contribution in [-0.4, -0.2) is 22.8 Å². The van der Waals surface area contributed by atoms with Gasteiger partial charge in [-0.3, -0.25) is 0 Å². The van der Waals surface area contributed by atoms with Crippen molar-refractivity contribution in [2.45, 2.75) is 6.04 Å². The first kappa shape index (κ1) is 8.44. The Balaban J connectivity index is 2.16. The lowest BCUT2D eigenvalue weighted by atomic mass is 10.2. The van der Waals surface area contributed by atoms with Crippen LogP contribution in [0.2, 0.25) is 0 Å². The van der Waals surface area contributed by atoms with E-state index in [0.29, 0.717) is 6.04 Å². The fourth-order valence-corrected chi connectivity index (χ4v) is 2.03. The molecule has 0 atom stereocenters. The van der Waals surface area contributed by atoms with Gasteiger partial charge in [0.05, 0.1) is 36.6 Å². The fourth-order valence-electron chi connectivity index (χ4n) is 1.68. The molecule has 14 heavy (non-hydrogen) atoms. The van der Waals surface area contributed by atoms with Gasteiger partial charge in [0.15, 0.2) is 0 Å². The summed E-state index contributed by atoms with van der Waals surface area (Å²) in [6.45, 7) is 1.61. The van der Waals surface area contributed by atoms with Gasteiger partial charge in [0.1, 0.15) is 0 Å². The van der Waals surface area contributed by atoms with Gasteiger partial charge in [-0.05, 0) is 18.2 Å². The number of benzene rings is 1. The van der Waals surface area contributed by atoms with Crippen LogP contribution in [-0.2, 0) is 4.74 Å². The van der Waals surface area contributed by atoms with Gasteiger partial charge in [-0.1, -0.05) is 15.9 Å².